The Kier molecular flexibility index (Phi) is 4.77. The van der Waals surface area contributed by atoms with Crippen LogP contribution in [0.3, 0.4) is 0 Å². The van der Waals surface area contributed by atoms with Gasteiger partial charge < -0.3 is 11.1 Å². The second kappa shape index (κ2) is 5.43. The fraction of sp³-hybridized carbons (Fsp3) is 0.636. The molecule has 0 spiro atoms. The second-order valence-electron chi connectivity index (χ2n) is 4.39. The van der Waals surface area contributed by atoms with Gasteiger partial charge in [-0.05, 0) is 45.8 Å². The van der Waals surface area contributed by atoms with E-state index in [9.17, 15) is 0 Å². The van der Waals surface area contributed by atoms with Gasteiger partial charge in [0.2, 0.25) is 0 Å². The summed E-state index contributed by atoms with van der Waals surface area (Å²) in [5.74, 6) is 0.532. The molecule has 0 aliphatic heterocycles. The number of halogens is 1. The Bertz CT molecular complexity index is 311. The standard InChI is InChI=1S/C11H19BrN2S/c1-8(2)11(3,7-13)14-5-9-4-10(12)15-6-9/h4,6,8,14H,5,7,13H2,1-3H3. The van der Waals surface area contributed by atoms with Gasteiger partial charge in [0, 0.05) is 18.6 Å². The molecule has 0 bridgehead atoms. The van der Waals surface area contributed by atoms with Crippen molar-refractivity contribution in [1.82, 2.24) is 5.32 Å². The molecule has 0 radical (unpaired) electrons. The largest absolute Gasteiger partial charge is 0.329 e. The van der Waals surface area contributed by atoms with Gasteiger partial charge in [-0.3, -0.25) is 0 Å². The first kappa shape index (κ1) is 13.2. The Labute approximate surface area is 104 Å². The van der Waals surface area contributed by atoms with Gasteiger partial charge in [-0.15, -0.1) is 11.3 Å². The fourth-order valence-electron chi connectivity index (χ4n) is 1.25. The van der Waals surface area contributed by atoms with Crippen molar-refractivity contribution in [1.29, 1.82) is 0 Å². The Morgan fingerprint density at radius 3 is 2.67 bits per heavy atom. The van der Waals surface area contributed by atoms with Crippen LogP contribution >= 0.6 is 27.3 Å². The van der Waals surface area contributed by atoms with Gasteiger partial charge in [-0.1, -0.05) is 13.8 Å². The van der Waals surface area contributed by atoms with Crippen molar-refractivity contribution in [3.8, 4) is 0 Å². The van der Waals surface area contributed by atoms with Crippen molar-refractivity contribution in [2.24, 2.45) is 11.7 Å². The molecule has 3 N–H and O–H groups in total. The van der Waals surface area contributed by atoms with Gasteiger partial charge in [-0.2, -0.15) is 0 Å². The van der Waals surface area contributed by atoms with E-state index < -0.39 is 0 Å². The molecule has 0 saturated carbocycles. The molecular weight excluding hydrogens is 272 g/mol. The molecule has 2 nitrogen and oxygen atoms in total. The maximum atomic E-state index is 5.81. The van der Waals surface area contributed by atoms with Crippen molar-refractivity contribution in [2.45, 2.75) is 32.9 Å². The molecule has 0 fully saturated rings. The SMILES string of the molecule is CC(C)C(C)(CN)NCc1csc(Br)c1. The van der Waals surface area contributed by atoms with E-state index in [1.165, 1.54) is 9.35 Å². The topological polar surface area (TPSA) is 38.0 Å². The molecule has 86 valence electrons. The quantitative estimate of drug-likeness (QED) is 0.875. The highest BCUT2D eigenvalue weighted by molar-refractivity contribution is 9.11. The van der Waals surface area contributed by atoms with E-state index in [0.29, 0.717) is 12.5 Å². The van der Waals surface area contributed by atoms with Gasteiger partial charge >= 0.3 is 0 Å². The van der Waals surface area contributed by atoms with Crippen LogP contribution in [0, 0.1) is 5.92 Å². The Balaban J connectivity index is 2.55. The highest BCUT2D eigenvalue weighted by Gasteiger charge is 2.25. The Morgan fingerprint density at radius 2 is 2.27 bits per heavy atom. The molecule has 1 aromatic heterocycles. The van der Waals surface area contributed by atoms with E-state index in [2.05, 4.69) is 53.5 Å². The number of hydrogen-bond donors (Lipinski definition) is 2. The number of thiophene rings is 1. The molecule has 1 heterocycles. The molecule has 1 unspecified atom stereocenters. The van der Waals surface area contributed by atoms with Crippen LogP contribution in [-0.4, -0.2) is 12.1 Å². The predicted octanol–water partition coefficient (Wildman–Crippen LogP) is 2.97. The molecule has 15 heavy (non-hydrogen) atoms. The summed E-state index contributed by atoms with van der Waals surface area (Å²) in [6, 6.07) is 2.15. The maximum Gasteiger partial charge on any atom is 0.0701 e. The molecule has 0 aliphatic rings. The average Bonchev–Trinajstić information content (AvgIpc) is 2.60. The highest BCUT2D eigenvalue weighted by atomic mass is 79.9. The first-order chi connectivity index (χ1) is 6.98. The molecule has 0 aliphatic carbocycles. The molecule has 1 atom stereocenters. The highest BCUT2D eigenvalue weighted by Crippen LogP contribution is 2.22. The van der Waals surface area contributed by atoms with Crippen LogP contribution in [0.15, 0.2) is 15.2 Å². The second-order valence-corrected chi connectivity index (χ2v) is 6.68. The zero-order valence-corrected chi connectivity index (χ0v) is 11.9. The van der Waals surface area contributed by atoms with Crippen molar-refractivity contribution in [3.63, 3.8) is 0 Å². The van der Waals surface area contributed by atoms with Gasteiger partial charge in [0.1, 0.15) is 0 Å². The lowest BCUT2D eigenvalue weighted by molar-refractivity contribution is 0.267. The van der Waals surface area contributed by atoms with Crippen LogP contribution in [0.5, 0.6) is 0 Å². The minimum Gasteiger partial charge on any atom is -0.329 e. The lowest BCUT2D eigenvalue weighted by Gasteiger charge is -2.33. The van der Waals surface area contributed by atoms with E-state index in [-0.39, 0.29) is 5.54 Å². The van der Waals surface area contributed by atoms with Gasteiger partial charge in [0.25, 0.3) is 0 Å². The number of nitrogens with one attached hydrogen (secondary N) is 1. The van der Waals surface area contributed by atoms with Crippen molar-refractivity contribution in [2.75, 3.05) is 6.54 Å². The van der Waals surface area contributed by atoms with Crippen LogP contribution in [0.1, 0.15) is 26.3 Å². The molecule has 0 saturated heterocycles. The summed E-state index contributed by atoms with van der Waals surface area (Å²) in [6.45, 7) is 8.12. The molecule has 4 heteroatoms. The lowest BCUT2D eigenvalue weighted by Crippen LogP contribution is -2.52. The number of rotatable bonds is 5. The van der Waals surface area contributed by atoms with Crippen LogP contribution in [0.25, 0.3) is 0 Å². The molecular formula is C11H19BrN2S. The third kappa shape index (κ3) is 3.55. The Hall–Kier alpha value is 0.100. The fourth-order valence-corrected chi connectivity index (χ4v) is 2.46. The zero-order chi connectivity index (χ0) is 11.5. The predicted molar refractivity (Wildman–Crippen MR) is 71.2 cm³/mol. The minimum atomic E-state index is 0.0222. The maximum absolute atomic E-state index is 5.81. The third-order valence-electron chi connectivity index (χ3n) is 3.02. The molecule has 0 amide bonds. The number of hydrogen-bond acceptors (Lipinski definition) is 3. The van der Waals surface area contributed by atoms with E-state index in [1.807, 2.05) is 0 Å². The van der Waals surface area contributed by atoms with E-state index >= 15 is 0 Å². The first-order valence-corrected chi connectivity index (χ1v) is 6.83. The Morgan fingerprint density at radius 1 is 1.60 bits per heavy atom. The van der Waals surface area contributed by atoms with E-state index in [0.717, 1.165) is 6.54 Å². The van der Waals surface area contributed by atoms with E-state index in [1.54, 1.807) is 11.3 Å². The monoisotopic (exact) mass is 290 g/mol. The van der Waals surface area contributed by atoms with Crippen LogP contribution < -0.4 is 11.1 Å². The van der Waals surface area contributed by atoms with Crippen molar-refractivity contribution >= 4 is 27.3 Å². The summed E-state index contributed by atoms with van der Waals surface area (Å²) in [4.78, 5) is 0. The average molecular weight is 291 g/mol. The lowest BCUT2D eigenvalue weighted by atomic mass is 9.88. The first-order valence-electron chi connectivity index (χ1n) is 5.16. The summed E-state index contributed by atoms with van der Waals surface area (Å²) >= 11 is 5.18. The van der Waals surface area contributed by atoms with Crippen molar-refractivity contribution < 1.29 is 0 Å². The molecule has 0 aromatic carbocycles. The smallest absolute Gasteiger partial charge is 0.0701 e. The molecule has 1 rings (SSSR count). The van der Waals surface area contributed by atoms with Crippen LogP contribution in [0.2, 0.25) is 0 Å². The third-order valence-corrected chi connectivity index (χ3v) is 4.57. The van der Waals surface area contributed by atoms with Crippen LogP contribution in [0.4, 0.5) is 0 Å². The summed E-state index contributed by atoms with van der Waals surface area (Å²) in [5.41, 5.74) is 7.14. The normalized spacial score (nSPS) is 15.6. The summed E-state index contributed by atoms with van der Waals surface area (Å²) in [7, 11) is 0. The zero-order valence-electron chi connectivity index (χ0n) is 9.51. The minimum absolute atomic E-state index is 0.0222. The number of nitrogens with two attached hydrogens (primary N) is 1. The van der Waals surface area contributed by atoms with E-state index in [4.69, 9.17) is 5.73 Å². The van der Waals surface area contributed by atoms with Gasteiger partial charge in [0.05, 0.1) is 3.79 Å². The van der Waals surface area contributed by atoms with Crippen LogP contribution in [-0.2, 0) is 6.54 Å². The molecule has 1 aromatic rings. The van der Waals surface area contributed by atoms with Gasteiger partial charge in [-0.25, -0.2) is 0 Å². The summed E-state index contributed by atoms with van der Waals surface area (Å²) < 4.78 is 1.18. The van der Waals surface area contributed by atoms with Crippen molar-refractivity contribution in [3.05, 3.63) is 20.8 Å². The van der Waals surface area contributed by atoms with Gasteiger partial charge in [0.15, 0.2) is 0 Å². The summed E-state index contributed by atoms with van der Waals surface area (Å²) in [5, 5.41) is 5.70. The summed E-state index contributed by atoms with van der Waals surface area (Å²) in [6.07, 6.45) is 0.